The Morgan fingerprint density at radius 2 is 2.10 bits per heavy atom. The van der Waals surface area contributed by atoms with Crippen molar-refractivity contribution in [1.82, 2.24) is 20.0 Å². The number of anilines is 1. The number of rotatable bonds is 4. The van der Waals surface area contributed by atoms with E-state index in [1.807, 2.05) is 4.90 Å². The molecule has 0 bridgehead atoms. The van der Waals surface area contributed by atoms with Crippen LogP contribution < -0.4 is 4.90 Å². The zero-order valence-corrected chi connectivity index (χ0v) is 17.3. The number of hydroxylamine groups is 2. The molecule has 8 nitrogen and oxygen atoms in total. The van der Waals surface area contributed by atoms with Crippen molar-refractivity contribution >= 4 is 23.6 Å². The van der Waals surface area contributed by atoms with Crippen LogP contribution >= 0.6 is 11.8 Å². The normalized spacial score (nSPS) is 19.7. The molecular weight excluding hydrogens is 407 g/mol. The summed E-state index contributed by atoms with van der Waals surface area (Å²) < 4.78 is 13.7. The lowest BCUT2D eigenvalue weighted by Gasteiger charge is -2.34. The third-order valence-corrected chi connectivity index (χ3v) is 6.09. The number of nitriles is 1. The van der Waals surface area contributed by atoms with Crippen molar-refractivity contribution in [3.05, 3.63) is 41.6 Å². The Bertz CT molecular complexity index is 976. The Balaban J connectivity index is 1.42. The highest BCUT2D eigenvalue weighted by Crippen LogP contribution is 2.34. The van der Waals surface area contributed by atoms with Crippen molar-refractivity contribution < 1.29 is 14.0 Å². The molecule has 156 valence electrons. The molecule has 2 aliphatic rings. The van der Waals surface area contributed by atoms with Crippen LogP contribution in [-0.4, -0.2) is 51.9 Å². The van der Waals surface area contributed by atoms with E-state index in [2.05, 4.69) is 21.0 Å². The predicted octanol–water partition coefficient (Wildman–Crippen LogP) is 2.73. The standard InChI is InChI=1S/C20H21FN6O2S/c1-30-18-16(21)12-24-20(25-18)26-5-2-14(3-6-26)19(28)27-17(4-7-29-27)15-8-13(9-22)10-23-11-15/h8,10-12,14,17H,2-7H2,1H3/t17-/m0/s1. The van der Waals surface area contributed by atoms with Gasteiger partial charge in [-0.15, -0.1) is 11.8 Å². The van der Waals surface area contributed by atoms with Crippen molar-refractivity contribution in [3.8, 4) is 6.07 Å². The maximum absolute atomic E-state index is 13.7. The average Bonchev–Trinajstić information content (AvgIpc) is 3.29. The molecule has 2 aromatic rings. The van der Waals surface area contributed by atoms with Crippen LogP contribution in [0.3, 0.4) is 0 Å². The number of pyridine rings is 1. The van der Waals surface area contributed by atoms with Crippen LogP contribution in [0.25, 0.3) is 0 Å². The molecule has 2 aliphatic heterocycles. The summed E-state index contributed by atoms with van der Waals surface area (Å²) in [4.78, 5) is 33.3. The summed E-state index contributed by atoms with van der Waals surface area (Å²) in [6.07, 6.45) is 8.09. The zero-order chi connectivity index (χ0) is 21.1. The summed E-state index contributed by atoms with van der Waals surface area (Å²) in [6.45, 7) is 1.67. The van der Waals surface area contributed by atoms with Crippen LogP contribution in [0.4, 0.5) is 10.3 Å². The van der Waals surface area contributed by atoms with E-state index in [9.17, 15) is 9.18 Å². The molecule has 1 amide bonds. The van der Waals surface area contributed by atoms with Crippen LogP contribution in [0.1, 0.15) is 36.4 Å². The lowest BCUT2D eigenvalue weighted by Crippen LogP contribution is -2.42. The minimum atomic E-state index is -0.427. The number of aromatic nitrogens is 3. The van der Waals surface area contributed by atoms with E-state index in [4.69, 9.17) is 10.1 Å². The first-order valence-corrected chi connectivity index (χ1v) is 11.0. The van der Waals surface area contributed by atoms with Gasteiger partial charge >= 0.3 is 0 Å². The Labute approximate surface area is 178 Å². The monoisotopic (exact) mass is 428 g/mol. The molecule has 0 aromatic carbocycles. The number of halogens is 1. The summed E-state index contributed by atoms with van der Waals surface area (Å²) in [5.74, 6) is -0.163. The van der Waals surface area contributed by atoms with Gasteiger partial charge in [0.2, 0.25) is 11.9 Å². The Morgan fingerprint density at radius 1 is 1.30 bits per heavy atom. The van der Waals surface area contributed by atoms with Crippen LogP contribution in [0.2, 0.25) is 0 Å². The number of thioether (sulfide) groups is 1. The lowest BCUT2D eigenvalue weighted by atomic mass is 9.95. The van der Waals surface area contributed by atoms with Gasteiger partial charge in [-0.1, -0.05) is 0 Å². The van der Waals surface area contributed by atoms with Crippen LogP contribution in [0.5, 0.6) is 0 Å². The third-order valence-electron chi connectivity index (χ3n) is 5.41. The second-order valence-corrected chi connectivity index (χ2v) is 8.00. The smallest absolute Gasteiger partial charge is 0.249 e. The van der Waals surface area contributed by atoms with Gasteiger partial charge < -0.3 is 4.90 Å². The number of carbonyl (C=O) groups is 1. The van der Waals surface area contributed by atoms with E-state index >= 15 is 0 Å². The fourth-order valence-electron chi connectivity index (χ4n) is 3.83. The summed E-state index contributed by atoms with van der Waals surface area (Å²) in [5.41, 5.74) is 1.27. The molecule has 2 fully saturated rings. The molecule has 1 atom stereocenters. The molecular formula is C20H21FN6O2S. The predicted molar refractivity (Wildman–Crippen MR) is 108 cm³/mol. The minimum Gasteiger partial charge on any atom is -0.341 e. The van der Waals surface area contributed by atoms with E-state index in [1.165, 1.54) is 29.2 Å². The summed E-state index contributed by atoms with van der Waals surface area (Å²) in [7, 11) is 0. The SMILES string of the molecule is CSc1nc(N2CCC(C(=O)N3OCC[C@H]3c3cncc(C#N)c3)CC2)ncc1F. The fourth-order valence-corrected chi connectivity index (χ4v) is 4.26. The van der Waals surface area contributed by atoms with Crippen molar-refractivity contribution in [2.24, 2.45) is 5.92 Å². The number of hydrogen-bond acceptors (Lipinski definition) is 8. The van der Waals surface area contributed by atoms with Crippen LogP contribution in [0.15, 0.2) is 29.7 Å². The highest BCUT2D eigenvalue weighted by Gasteiger charge is 2.37. The second kappa shape index (κ2) is 8.93. The summed E-state index contributed by atoms with van der Waals surface area (Å²) >= 11 is 1.24. The molecule has 30 heavy (non-hydrogen) atoms. The van der Waals surface area contributed by atoms with E-state index in [1.54, 1.807) is 18.5 Å². The molecule has 4 heterocycles. The molecule has 0 saturated carbocycles. The van der Waals surface area contributed by atoms with E-state index in [0.717, 1.165) is 5.56 Å². The maximum atomic E-state index is 13.7. The van der Waals surface area contributed by atoms with E-state index in [-0.39, 0.29) is 17.9 Å². The first-order valence-electron chi connectivity index (χ1n) is 9.73. The average molecular weight is 428 g/mol. The molecule has 0 unspecified atom stereocenters. The molecule has 4 rings (SSSR count). The van der Waals surface area contributed by atoms with Crippen molar-refractivity contribution in [2.75, 3.05) is 30.9 Å². The highest BCUT2D eigenvalue weighted by molar-refractivity contribution is 7.98. The van der Waals surface area contributed by atoms with Gasteiger partial charge in [-0.05, 0) is 30.7 Å². The lowest BCUT2D eigenvalue weighted by molar-refractivity contribution is -0.182. The van der Waals surface area contributed by atoms with Gasteiger partial charge in [0.15, 0.2) is 5.82 Å². The van der Waals surface area contributed by atoms with Crippen molar-refractivity contribution in [3.63, 3.8) is 0 Å². The highest BCUT2D eigenvalue weighted by atomic mass is 32.2. The third kappa shape index (κ3) is 4.08. The molecule has 0 N–H and O–H groups in total. The van der Waals surface area contributed by atoms with Crippen LogP contribution in [0, 0.1) is 23.1 Å². The van der Waals surface area contributed by atoms with Gasteiger partial charge in [-0.2, -0.15) is 5.26 Å². The molecule has 0 aliphatic carbocycles. The number of nitrogens with zero attached hydrogens (tertiary/aromatic N) is 6. The first-order chi connectivity index (χ1) is 14.6. The largest absolute Gasteiger partial charge is 0.341 e. The topological polar surface area (TPSA) is 95.2 Å². The number of carbonyl (C=O) groups excluding carboxylic acids is 1. The summed E-state index contributed by atoms with van der Waals surface area (Å²) in [5, 5.41) is 10.9. The molecule has 0 spiro atoms. The first kappa shape index (κ1) is 20.5. The minimum absolute atomic E-state index is 0.0515. The van der Waals surface area contributed by atoms with Gasteiger partial charge in [0.05, 0.1) is 24.4 Å². The van der Waals surface area contributed by atoms with Crippen molar-refractivity contribution in [2.45, 2.75) is 30.3 Å². The summed E-state index contributed by atoms with van der Waals surface area (Å²) in [6, 6.07) is 3.60. The number of piperidine rings is 1. The molecule has 2 aromatic heterocycles. The van der Waals surface area contributed by atoms with Gasteiger partial charge in [0.25, 0.3) is 0 Å². The maximum Gasteiger partial charge on any atom is 0.249 e. The van der Waals surface area contributed by atoms with E-state index in [0.29, 0.717) is 55.5 Å². The Morgan fingerprint density at radius 3 is 2.83 bits per heavy atom. The number of hydrogen-bond donors (Lipinski definition) is 0. The van der Waals surface area contributed by atoms with Gasteiger partial charge in [0.1, 0.15) is 11.1 Å². The molecule has 2 saturated heterocycles. The fraction of sp³-hybridized carbons (Fsp3) is 0.450. The Kier molecular flexibility index (Phi) is 6.11. The molecule has 0 radical (unpaired) electrons. The van der Waals surface area contributed by atoms with Crippen LogP contribution in [-0.2, 0) is 9.63 Å². The van der Waals surface area contributed by atoms with Gasteiger partial charge in [-0.3, -0.25) is 14.6 Å². The quantitative estimate of drug-likeness (QED) is 0.542. The van der Waals surface area contributed by atoms with E-state index < -0.39 is 5.82 Å². The Hall–Kier alpha value is -2.77. The molecule has 10 heteroatoms. The van der Waals surface area contributed by atoms with Gasteiger partial charge in [0, 0.05) is 37.8 Å². The second-order valence-electron chi connectivity index (χ2n) is 7.21. The number of amides is 1. The zero-order valence-electron chi connectivity index (χ0n) is 16.5. The van der Waals surface area contributed by atoms with Gasteiger partial charge in [-0.25, -0.2) is 19.4 Å². The van der Waals surface area contributed by atoms with Crippen molar-refractivity contribution in [1.29, 1.82) is 5.26 Å².